The molecule has 0 aliphatic heterocycles. The molecule has 13 aromatic rings. The van der Waals surface area contributed by atoms with Gasteiger partial charge >= 0.3 is 0 Å². The Balaban J connectivity index is 1.03. The van der Waals surface area contributed by atoms with Gasteiger partial charge in [0, 0.05) is 38.7 Å². The highest BCUT2D eigenvalue weighted by Crippen LogP contribution is 2.60. The van der Waals surface area contributed by atoms with Gasteiger partial charge in [0.1, 0.15) is 11.2 Å². The van der Waals surface area contributed by atoms with Crippen LogP contribution in [0.2, 0.25) is 0 Å². The lowest BCUT2D eigenvalue weighted by molar-refractivity contribution is 0.674. The van der Waals surface area contributed by atoms with Crippen molar-refractivity contribution in [3.05, 3.63) is 330 Å². The van der Waals surface area contributed by atoms with Crippen molar-refractivity contribution in [2.24, 2.45) is 0 Å². The Bertz CT molecular complexity index is 4050. The summed E-state index contributed by atoms with van der Waals surface area (Å²) in [5.74, 6) is 0. The molecule has 0 spiro atoms. The van der Waals surface area contributed by atoms with Crippen molar-refractivity contribution in [3.8, 4) is 33.4 Å². The second kappa shape index (κ2) is 16.5. The Labute approximate surface area is 430 Å². The van der Waals surface area contributed by atoms with Gasteiger partial charge in [-0.05, 0) is 109 Å². The van der Waals surface area contributed by atoms with E-state index in [1.165, 1.54) is 66.8 Å². The molecule has 0 radical (unpaired) electrons. The Morgan fingerprint density at radius 1 is 0.257 bits per heavy atom. The van der Waals surface area contributed by atoms with E-state index in [1.54, 1.807) is 0 Å². The monoisotopic (exact) mass is 941 g/mol. The molecule has 0 saturated heterocycles. The standard InChI is InChI=1S/C72H47NO/c1-5-23-49(24-6-1)71(50-25-7-2-8-26-50)64-37-18-15-32-56(64)58-44-41-53(46-66(58)71)73(68-39-20-17-34-60(68)61-35-21-36-62-63-43-40-48-22-13-14-31-55(48)69(63)74-70(61)62)54-42-45-59-57-33-16-19-38-65(57)72(67(59)47-54,51-27-9-3-10-28-51)52-29-11-4-12-30-52/h1-47H. The topological polar surface area (TPSA) is 16.4 Å². The smallest absolute Gasteiger partial charge is 0.143 e. The third-order valence-corrected chi connectivity index (χ3v) is 16.2. The Morgan fingerprint density at radius 2 is 0.662 bits per heavy atom. The van der Waals surface area contributed by atoms with Gasteiger partial charge in [-0.3, -0.25) is 0 Å². The van der Waals surface area contributed by atoms with Crippen LogP contribution in [0.1, 0.15) is 44.5 Å². The molecule has 12 aromatic carbocycles. The fourth-order valence-corrected chi connectivity index (χ4v) is 13.2. The van der Waals surface area contributed by atoms with Crippen molar-refractivity contribution in [1.29, 1.82) is 0 Å². The predicted octanol–water partition coefficient (Wildman–Crippen LogP) is 18.6. The fraction of sp³-hybridized carbons (Fsp3) is 0.0278. The molecule has 0 amide bonds. The number of rotatable bonds is 8. The summed E-state index contributed by atoms with van der Waals surface area (Å²) in [5.41, 5.74) is 20.9. The molecule has 2 aliphatic rings. The van der Waals surface area contributed by atoms with E-state index in [-0.39, 0.29) is 0 Å². The molecule has 1 heterocycles. The van der Waals surface area contributed by atoms with Crippen LogP contribution in [0.3, 0.4) is 0 Å². The summed E-state index contributed by atoms with van der Waals surface area (Å²) in [6, 6.07) is 105. The van der Waals surface area contributed by atoms with Crippen molar-refractivity contribution in [2.45, 2.75) is 10.8 Å². The molecular formula is C72H47NO. The third kappa shape index (κ3) is 5.94. The van der Waals surface area contributed by atoms with E-state index in [0.717, 1.165) is 60.9 Å². The number of furan rings is 1. The first-order chi connectivity index (χ1) is 36.7. The van der Waals surface area contributed by atoms with Crippen molar-refractivity contribution in [1.82, 2.24) is 0 Å². The minimum atomic E-state index is -0.590. The van der Waals surface area contributed by atoms with Crippen LogP contribution in [0.5, 0.6) is 0 Å². The van der Waals surface area contributed by atoms with Crippen LogP contribution in [-0.4, -0.2) is 0 Å². The summed E-state index contributed by atoms with van der Waals surface area (Å²) in [6.45, 7) is 0. The minimum absolute atomic E-state index is 0.590. The van der Waals surface area contributed by atoms with Gasteiger partial charge in [-0.2, -0.15) is 0 Å². The molecule has 2 nitrogen and oxygen atoms in total. The van der Waals surface area contributed by atoms with Crippen LogP contribution in [0.25, 0.3) is 66.1 Å². The van der Waals surface area contributed by atoms with E-state index >= 15 is 0 Å². The second-order valence-electron chi connectivity index (χ2n) is 19.8. The minimum Gasteiger partial charge on any atom is -0.455 e. The Hall–Kier alpha value is -9.50. The predicted molar refractivity (Wildman–Crippen MR) is 306 cm³/mol. The molecule has 0 saturated carbocycles. The molecule has 1 aromatic heterocycles. The van der Waals surface area contributed by atoms with E-state index in [2.05, 4.69) is 290 Å². The largest absolute Gasteiger partial charge is 0.455 e. The highest BCUT2D eigenvalue weighted by Gasteiger charge is 2.48. The zero-order valence-electron chi connectivity index (χ0n) is 40.5. The molecule has 0 bridgehead atoms. The van der Waals surface area contributed by atoms with Gasteiger partial charge in [0.2, 0.25) is 0 Å². The molecule has 2 aliphatic carbocycles. The summed E-state index contributed by atoms with van der Waals surface area (Å²) >= 11 is 0. The zero-order chi connectivity index (χ0) is 48.8. The summed E-state index contributed by atoms with van der Waals surface area (Å²) in [6.07, 6.45) is 0. The summed E-state index contributed by atoms with van der Waals surface area (Å²) < 4.78 is 7.12. The average molecular weight is 942 g/mol. The molecule has 0 atom stereocenters. The van der Waals surface area contributed by atoms with E-state index in [0.29, 0.717) is 0 Å². The van der Waals surface area contributed by atoms with Crippen molar-refractivity contribution in [3.63, 3.8) is 0 Å². The number of benzene rings is 12. The number of nitrogens with zero attached hydrogens (tertiary/aromatic N) is 1. The van der Waals surface area contributed by atoms with Crippen molar-refractivity contribution >= 4 is 49.8 Å². The van der Waals surface area contributed by atoms with Gasteiger partial charge in [0.25, 0.3) is 0 Å². The van der Waals surface area contributed by atoms with E-state index in [4.69, 9.17) is 4.42 Å². The molecule has 15 rings (SSSR count). The number of fused-ring (bicyclic) bond motifs is 11. The lowest BCUT2D eigenvalue weighted by Gasteiger charge is -2.36. The molecule has 346 valence electrons. The molecular weight excluding hydrogens is 895 g/mol. The summed E-state index contributed by atoms with van der Waals surface area (Å²) in [5, 5.41) is 4.48. The maximum Gasteiger partial charge on any atom is 0.143 e. The van der Waals surface area contributed by atoms with Crippen LogP contribution in [0, 0.1) is 0 Å². The van der Waals surface area contributed by atoms with Crippen molar-refractivity contribution in [2.75, 3.05) is 4.90 Å². The maximum absolute atomic E-state index is 7.12. The van der Waals surface area contributed by atoms with Gasteiger partial charge in [-0.1, -0.05) is 249 Å². The van der Waals surface area contributed by atoms with Crippen molar-refractivity contribution < 1.29 is 4.42 Å². The molecule has 2 heteroatoms. The van der Waals surface area contributed by atoms with Crippen LogP contribution < -0.4 is 4.90 Å². The lowest BCUT2D eigenvalue weighted by Crippen LogP contribution is -2.29. The lowest BCUT2D eigenvalue weighted by atomic mass is 9.67. The van der Waals surface area contributed by atoms with Gasteiger partial charge in [0.05, 0.1) is 16.5 Å². The van der Waals surface area contributed by atoms with Gasteiger partial charge in [-0.15, -0.1) is 0 Å². The van der Waals surface area contributed by atoms with Crippen LogP contribution >= 0.6 is 0 Å². The normalized spacial score (nSPS) is 13.6. The Kier molecular flexibility index (Phi) is 9.43. The first kappa shape index (κ1) is 42.2. The van der Waals surface area contributed by atoms with Crippen LogP contribution in [0.15, 0.2) is 290 Å². The fourth-order valence-electron chi connectivity index (χ4n) is 13.2. The van der Waals surface area contributed by atoms with Gasteiger partial charge < -0.3 is 9.32 Å². The number of hydrogen-bond acceptors (Lipinski definition) is 2. The number of hydrogen-bond donors (Lipinski definition) is 0. The second-order valence-corrected chi connectivity index (χ2v) is 19.8. The number of anilines is 3. The maximum atomic E-state index is 7.12. The SMILES string of the molecule is c1ccc(C2(c3ccccc3)c3ccccc3-c3ccc(N(c4ccc5c(c4)C(c4ccccc4)(c4ccccc4)c4ccccc4-5)c4ccccc4-c4cccc5c4oc4c6ccccc6ccc54)cc32)cc1. The zero-order valence-corrected chi connectivity index (χ0v) is 40.5. The first-order valence-electron chi connectivity index (χ1n) is 25.7. The van der Waals surface area contributed by atoms with Gasteiger partial charge in [0.15, 0.2) is 0 Å². The quantitative estimate of drug-likeness (QED) is 0.151. The molecule has 0 N–H and O–H groups in total. The highest BCUT2D eigenvalue weighted by atomic mass is 16.3. The van der Waals surface area contributed by atoms with Crippen LogP contribution in [-0.2, 0) is 10.8 Å². The summed E-state index contributed by atoms with van der Waals surface area (Å²) in [7, 11) is 0. The van der Waals surface area contributed by atoms with Gasteiger partial charge in [-0.25, -0.2) is 0 Å². The average Bonchev–Trinajstić information content (AvgIpc) is 4.12. The molecule has 74 heavy (non-hydrogen) atoms. The van der Waals surface area contributed by atoms with E-state index in [9.17, 15) is 0 Å². The third-order valence-electron chi connectivity index (χ3n) is 16.2. The highest BCUT2D eigenvalue weighted by molar-refractivity contribution is 6.17. The summed E-state index contributed by atoms with van der Waals surface area (Å²) in [4.78, 5) is 2.51. The van der Waals surface area contributed by atoms with Crippen LogP contribution in [0.4, 0.5) is 17.1 Å². The molecule has 0 unspecified atom stereocenters. The number of para-hydroxylation sites is 2. The Morgan fingerprint density at radius 3 is 1.20 bits per heavy atom. The molecule has 0 fully saturated rings. The van der Waals surface area contributed by atoms with E-state index in [1.807, 2.05) is 0 Å². The first-order valence-corrected chi connectivity index (χ1v) is 25.7. The van der Waals surface area contributed by atoms with E-state index < -0.39 is 10.8 Å².